The van der Waals surface area contributed by atoms with Gasteiger partial charge in [0.25, 0.3) is 10.0 Å². The highest BCUT2D eigenvalue weighted by molar-refractivity contribution is 7.92. The molecule has 0 saturated carbocycles. The van der Waals surface area contributed by atoms with E-state index in [-0.39, 0.29) is 39.1 Å². The molecule has 0 aliphatic carbocycles. The molecule has 0 aliphatic heterocycles. The molecule has 0 aromatic heterocycles. The van der Waals surface area contributed by atoms with E-state index < -0.39 is 28.5 Å². The third kappa shape index (κ3) is 7.49. The number of halogens is 3. The molecule has 1 N–H and O–H groups in total. The van der Waals surface area contributed by atoms with Crippen molar-refractivity contribution in [2.24, 2.45) is 0 Å². The number of rotatable bonds is 11. The number of nitrogens with zero attached hydrogens (tertiary/aromatic N) is 2. The molecule has 0 saturated heterocycles. The zero-order valence-corrected chi connectivity index (χ0v) is 25.8. The van der Waals surface area contributed by atoms with Gasteiger partial charge in [-0.15, -0.1) is 0 Å². The number of hydrogen-bond acceptors (Lipinski definition) is 4. The predicted molar refractivity (Wildman–Crippen MR) is 162 cm³/mol. The number of carbonyl (C=O) groups is 2. The lowest BCUT2D eigenvalue weighted by Gasteiger charge is -2.33. The van der Waals surface area contributed by atoms with Gasteiger partial charge in [0.1, 0.15) is 12.6 Å². The Balaban J connectivity index is 2.08. The molecule has 0 spiro atoms. The monoisotopic (exact) mass is 623 g/mol. The van der Waals surface area contributed by atoms with E-state index in [1.54, 1.807) is 49.4 Å². The predicted octanol–water partition coefficient (Wildman–Crippen LogP) is 6.48. The lowest BCUT2D eigenvalue weighted by atomic mass is 10.1. The van der Waals surface area contributed by atoms with E-state index in [4.69, 9.17) is 34.8 Å². The van der Waals surface area contributed by atoms with E-state index in [1.807, 2.05) is 20.8 Å². The summed E-state index contributed by atoms with van der Waals surface area (Å²) >= 11 is 19.1. The molecule has 0 bridgehead atoms. The first-order chi connectivity index (χ1) is 18.9. The second-order valence-electron chi connectivity index (χ2n) is 9.50. The summed E-state index contributed by atoms with van der Waals surface area (Å²) in [6.07, 6.45) is 0.701. The number of amides is 2. The van der Waals surface area contributed by atoms with E-state index in [1.165, 1.54) is 29.2 Å². The largest absolute Gasteiger partial charge is 0.352 e. The molecule has 11 heteroatoms. The minimum absolute atomic E-state index is 0.0186. The van der Waals surface area contributed by atoms with Crippen molar-refractivity contribution in [1.82, 2.24) is 10.2 Å². The Morgan fingerprint density at radius 1 is 0.900 bits per heavy atom. The maximum atomic E-state index is 14.0. The van der Waals surface area contributed by atoms with Gasteiger partial charge >= 0.3 is 0 Å². The second-order valence-corrected chi connectivity index (χ2v) is 12.6. The smallest absolute Gasteiger partial charge is 0.264 e. The summed E-state index contributed by atoms with van der Waals surface area (Å²) in [6.45, 7) is 6.57. The lowest BCUT2D eigenvalue weighted by molar-refractivity contribution is -0.139. The molecular weight excluding hydrogens is 593 g/mol. The Morgan fingerprint density at radius 2 is 1.52 bits per heavy atom. The Morgan fingerprint density at radius 3 is 2.15 bits per heavy atom. The number of sulfonamides is 1. The zero-order chi connectivity index (χ0) is 29.6. The fourth-order valence-electron chi connectivity index (χ4n) is 3.89. The van der Waals surface area contributed by atoms with Gasteiger partial charge in [-0.05, 0) is 63.1 Å². The number of hydrogen-bond donors (Lipinski definition) is 1. The first kappa shape index (κ1) is 31.7. The van der Waals surface area contributed by atoms with Crippen molar-refractivity contribution in [3.05, 3.63) is 92.9 Å². The fraction of sp³-hybridized carbons (Fsp3) is 0.310. The van der Waals surface area contributed by atoms with Gasteiger partial charge < -0.3 is 10.2 Å². The molecule has 40 heavy (non-hydrogen) atoms. The standard InChI is InChI=1S/C29H32Cl3N3O4S/c1-5-20(3)33-29(37)21(4)34(17-22-9-6-7-10-24(22)30)27(36)18-35(26-12-8-11-25(31)28(26)32)40(38,39)23-15-13-19(2)14-16-23/h6-16,20-21H,5,17-18H2,1-4H3,(H,33,37)/t20-,21-/m1/s1. The van der Waals surface area contributed by atoms with Gasteiger partial charge in [-0.1, -0.05) is 83.7 Å². The third-order valence-electron chi connectivity index (χ3n) is 6.55. The van der Waals surface area contributed by atoms with Crippen LogP contribution in [0.2, 0.25) is 15.1 Å². The molecule has 0 aliphatic rings. The quantitative estimate of drug-likeness (QED) is 0.265. The summed E-state index contributed by atoms with van der Waals surface area (Å²) in [5.74, 6) is -0.998. The number of carbonyl (C=O) groups excluding carboxylic acids is 2. The SMILES string of the molecule is CC[C@@H](C)NC(=O)[C@@H](C)N(Cc1ccccc1Cl)C(=O)CN(c1cccc(Cl)c1Cl)S(=O)(=O)c1ccc(C)cc1. The van der Waals surface area contributed by atoms with Crippen molar-refractivity contribution in [3.8, 4) is 0 Å². The summed E-state index contributed by atoms with van der Waals surface area (Å²) in [7, 11) is -4.27. The average Bonchev–Trinajstić information content (AvgIpc) is 2.92. The molecule has 3 aromatic carbocycles. The van der Waals surface area contributed by atoms with Crippen LogP contribution < -0.4 is 9.62 Å². The van der Waals surface area contributed by atoms with Crippen molar-refractivity contribution in [2.45, 2.75) is 57.6 Å². The van der Waals surface area contributed by atoms with Crippen LogP contribution in [0.1, 0.15) is 38.3 Å². The Bertz CT molecular complexity index is 1470. The summed E-state index contributed by atoms with van der Waals surface area (Å²) in [4.78, 5) is 28.4. The minimum atomic E-state index is -4.27. The maximum Gasteiger partial charge on any atom is 0.264 e. The average molecular weight is 625 g/mol. The molecule has 7 nitrogen and oxygen atoms in total. The molecule has 0 heterocycles. The zero-order valence-electron chi connectivity index (χ0n) is 22.7. The van der Waals surface area contributed by atoms with Crippen molar-refractivity contribution in [2.75, 3.05) is 10.8 Å². The molecule has 2 amide bonds. The molecule has 2 atom stereocenters. The topological polar surface area (TPSA) is 86.8 Å². The van der Waals surface area contributed by atoms with E-state index >= 15 is 0 Å². The first-order valence-electron chi connectivity index (χ1n) is 12.7. The molecule has 3 aromatic rings. The van der Waals surface area contributed by atoms with Crippen LogP contribution in [0.3, 0.4) is 0 Å². The van der Waals surface area contributed by atoms with Gasteiger partial charge in [0.15, 0.2) is 0 Å². The fourth-order valence-corrected chi connectivity index (χ4v) is 5.96. The van der Waals surface area contributed by atoms with Crippen molar-refractivity contribution in [3.63, 3.8) is 0 Å². The maximum absolute atomic E-state index is 14.0. The molecule has 0 radical (unpaired) electrons. The van der Waals surface area contributed by atoms with Crippen LogP contribution in [-0.4, -0.2) is 43.8 Å². The highest BCUT2D eigenvalue weighted by atomic mass is 35.5. The first-order valence-corrected chi connectivity index (χ1v) is 15.3. The Hall–Kier alpha value is -2.78. The molecule has 0 unspecified atom stereocenters. The van der Waals surface area contributed by atoms with Crippen LogP contribution in [-0.2, 0) is 26.2 Å². The van der Waals surface area contributed by atoms with E-state index in [2.05, 4.69) is 5.32 Å². The van der Waals surface area contributed by atoms with Gasteiger partial charge in [-0.2, -0.15) is 0 Å². The molecule has 3 rings (SSSR count). The number of benzene rings is 3. The minimum Gasteiger partial charge on any atom is -0.352 e. The molecule has 0 fully saturated rings. The van der Waals surface area contributed by atoms with Crippen molar-refractivity contribution < 1.29 is 18.0 Å². The van der Waals surface area contributed by atoms with Crippen molar-refractivity contribution >= 4 is 62.3 Å². The van der Waals surface area contributed by atoms with E-state index in [9.17, 15) is 18.0 Å². The van der Waals surface area contributed by atoms with Gasteiger partial charge in [-0.25, -0.2) is 8.42 Å². The van der Waals surface area contributed by atoms with Crippen LogP contribution in [0.4, 0.5) is 5.69 Å². The highest BCUT2D eigenvalue weighted by Gasteiger charge is 2.34. The highest BCUT2D eigenvalue weighted by Crippen LogP contribution is 2.35. The number of anilines is 1. The summed E-state index contributed by atoms with van der Waals surface area (Å²) in [6, 6.07) is 16.7. The Kier molecular flexibility index (Phi) is 10.9. The van der Waals surface area contributed by atoms with Crippen molar-refractivity contribution in [1.29, 1.82) is 0 Å². The summed E-state index contributed by atoms with van der Waals surface area (Å²) in [5, 5.41) is 3.41. The van der Waals surface area contributed by atoms with Gasteiger partial charge in [-0.3, -0.25) is 13.9 Å². The van der Waals surface area contributed by atoms with Gasteiger partial charge in [0.2, 0.25) is 11.8 Å². The normalized spacial score (nSPS) is 12.9. The number of nitrogens with one attached hydrogen (secondary N) is 1. The van der Waals surface area contributed by atoms with E-state index in [0.717, 1.165) is 9.87 Å². The van der Waals surface area contributed by atoms with Gasteiger partial charge in [0, 0.05) is 17.6 Å². The lowest BCUT2D eigenvalue weighted by Crippen LogP contribution is -2.52. The van der Waals surface area contributed by atoms with E-state index in [0.29, 0.717) is 17.0 Å². The Labute approximate surface area is 251 Å². The number of aryl methyl sites for hydroxylation is 1. The van der Waals surface area contributed by atoms with Crippen LogP contribution in [0.5, 0.6) is 0 Å². The van der Waals surface area contributed by atoms with Crippen LogP contribution in [0, 0.1) is 6.92 Å². The van der Waals surface area contributed by atoms with Crippen LogP contribution >= 0.6 is 34.8 Å². The summed E-state index contributed by atoms with van der Waals surface area (Å²) in [5.41, 5.74) is 1.52. The summed E-state index contributed by atoms with van der Waals surface area (Å²) < 4.78 is 28.8. The second kappa shape index (κ2) is 13.7. The van der Waals surface area contributed by atoms with Crippen LogP contribution in [0.25, 0.3) is 0 Å². The molecular formula is C29H32Cl3N3O4S. The third-order valence-corrected chi connectivity index (χ3v) is 9.51. The van der Waals surface area contributed by atoms with Crippen LogP contribution in [0.15, 0.2) is 71.6 Å². The van der Waals surface area contributed by atoms with Gasteiger partial charge in [0.05, 0.1) is 20.6 Å². The molecule has 214 valence electrons.